The molecule has 2 unspecified atom stereocenters. The lowest BCUT2D eigenvalue weighted by Gasteiger charge is -2.31. The van der Waals surface area contributed by atoms with E-state index in [1.54, 1.807) is 0 Å². The van der Waals surface area contributed by atoms with Crippen molar-refractivity contribution in [3.63, 3.8) is 0 Å². The number of hydrogen-bond acceptors (Lipinski definition) is 1. The third-order valence-electron chi connectivity index (χ3n) is 4.46. The van der Waals surface area contributed by atoms with Crippen molar-refractivity contribution < 1.29 is 0 Å². The van der Waals surface area contributed by atoms with Gasteiger partial charge in [0.15, 0.2) is 0 Å². The molecule has 3 rings (SSSR count). The summed E-state index contributed by atoms with van der Waals surface area (Å²) in [6.45, 7) is 4.50. The van der Waals surface area contributed by atoms with Crippen molar-refractivity contribution in [3.05, 3.63) is 65.2 Å². The Kier molecular flexibility index (Phi) is 3.77. The zero-order chi connectivity index (χ0) is 13.9. The zero-order valence-electron chi connectivity index (χ0n) is 12.4. The second-order valence-corrected chi connectivity index (χ2v) is 6.03. The van der Waals surface area contributed by atoms with Crippen LogP contribution in [0.5, 0.6) is 0 Å². The first-order chi connectivity index (χ1) is 9.74. The fourth-order valence-corrected chi connectivity index (χ4v) is 3.36. The maximum absolute atomic E-state index is 3.60. The molecule has 0 aliphatic carbocycles. The predicted molar refractivity (Wildman–Crippen MR) is 86.4 cm³/mol. The monoisotopic (exact) mass is 265 g/mol. The lowest BCUT2D eigenvalue weighted by Crippen LogP contribution is -2.25. The van der Waals surface area contributed by atoms with Gasteiger partial charge in [0.2, 0.25) is 0 Å². The van der Waals surface area contributed by atoms with Gasteiger partial charge in [0.05, 0.1) is 0 Å². The molecule has 1 heterocycles. The lowest BCUT2D eigenvalue weighted by molar-refractivity contribution is 0.521. The number of hydrogen-bond donors (Lipinski definition) is 1. The van der Waals surface area contributed by atoms with Crippen molar-refractivity contribution in [1.82, 2.24) is 0 Å². The minimum Gasteiger partial charge on any atom is -0.382 e. The summed E-state index contributed by atoms with van der Waals surface area (Å²) in [5.41, 5.74) is 5.75. The quantitative estimate of drug-likeness (QED) is 0.831. The number of benzene rings is 2. The van der Waals surface area contributed by atoms with E-state index in [1.165, 1.54) is 41.6 Å². The van der Waals surface area contributed by atoms with Gasteiger partial charge in [-0.1, -0.05) is 42.5 Å². The highest BCUT2D eigenvalue weighted by Gasteiger charge is 2.23. The van der Waals surface area contributed by atoms with Gasteiger partial charge in [-0.05, 0) is 61.8 Å². The third-order valence-corrected chi connectivity index (χ3v) is 4.46. The second-order valence-electron chi connectivity index (χ2n) is 6.03. The summed E-state index contributed by atoms with van der Waals surface area (Å²) in [6.07, 6.45) is 3.66. The fraction of sp³-hybridized carbons (Fsp3) is 0.368. The SMILES string of the molecule is Cc1ccccc1CCC1CC(C)Nc2ccccc21. The maximum atomic E-state index is 3.60. The molecule has 0 radical (unpaired) electrons. The van der Waals surface area contributed by atoms with Crippen LogP contribution in [-0.4, -0.2) is 6.04 Å². The number of rotatable bonds is 3. The molecule has 1 aliphatic heterocycles. The lowest BCUT2D eigenvalue weighted by atomic mass is 9.83. The standard InChI is InChI=1S/C19H23N/c1-14-7-3-4-8-16(14)11-12-17-13-15(2)20-19-10-6-5-9-18(17)19/h3-10,15,17,20H,11-13H2,1-2H3. The Morgan fingerprint density at radius 2 is 1.80 bits per heavy atom. The first-order valence-corrected chi connectivity index (χ1v) is 7.64. The Labute approximate surface area is 122 Å². The van der Waals surface area contributed by atoms with Gasteiger partial charge in [0, 0.05) is 11.7 Å². The van der Waals surface area contributed by atoms with Gasteiger partial charge in [-0.25, -0.2) is 0 Å². The van der Waals surface area contributed by atoms with Gasteiger partial charge < -0.3 is 5.32 Å². The van der Waals surface area contributed by atoms with E-state index in [1.807, 2.05) is 0 Å². The highest BCUT2D eigenvalue weighted by atomic mass is 14.9. The normalized spacial score (nSPS) is 21.1. The summed E-state index contributed by atoms with van der Waals surface area (Å²) in [6, 6.07) is 18.1. The second kappa shape index (κ2) is 5.70. The van der Waals surface area contributed by atoms with E-state index in [9.17, 15) is 0 Å². The summed E-state index contributed by atoms with van der Waals surface area (Å²) in [7, 11) is 0. The largest absolute Gasteiger partial charge is 0.382 e. The summed E-state index contributed by atoms with van der Waals surface area (Å²) < 4.78 is 0. The Balaban J connectivity index is 1.76. The minimum absolute atomic E-state index is 0.576. The minimum atomic E-state index is 0.576. The van der Waals surface area contributed by atoms with Crippen molar-refractivity contribution in [2.75, 3.05) is 5.32 Å². The van der Waals surface area contributed by atoms with Gasteiger partial charge in [-0.15, -0.1) is 0 Å². The first kappa shape index (κ1) is 13.2. The molecule has 0 aromatic heterocycles. The van der Waals surface area contributed by atoms with Crippen LogP contribution in [0.2, 0.25) is 0 Å². The Morgan fingerprint density at radius 1 is 1.05 bits per heavy atom. The van der Waals surface area contributed by atoms with E-state index in [0.717, 1.165) is 0 Å². The molecule has 1 aliphatic rings. The molecule has 0 fully saturated rings. The molecule has 0 amide bonds. The molecule has 1 nitrogen and oxygen atoms in total. The Bertz CT molecular complexity index is 588. The number of anilines is 1. The maximum Gasteiger partial charge on any atom is 0.0377 e. The molecule has 20 heavy (non-hydrogen) atoms. The molecule has 1 heteroatoms. The number of nitrogens with one attached hydrogen (secondary N) is 1. The topological polar surface area (TPSA) is 12.0 Å². The fourth-order valence-electron chi connectivity index (χ4n) is 3.36. The van der Waals surface area contributed by atoms with Crippen LogP contribution in [0.4, 0.5) is 5.69 Å². The molecule has 0 saturated carbocycles. The molecule has 2 aromatic rings. The van der Waals surface area contributed by atoms with Crippen LogP contribution in [0.15, 0.2) is 48.5 Å². The van der Waals surface area contributed by atoms with E-state index in [0.29, 0.717) is 12.0 Å². The average molecular weight is 265 g/mol. The van der Waals surface area contributed by atoms with E-state index in [-0.39, 0.29) is 0 Å². The van der Waals surface area contributed by atoms with Crippen molar-refractivity contribution in [2.45, 2.75) is 45.1 Å². The van der Waals surface area contributed by atoms with Crippen molar-refractivity contribution in [3.8, 4) is 0 Å². The van der Waals surface area contributed by atoms with Gasteiger partial charge in [0.1, 0.15) is 0 Å². The van der Waals surface area contributed by atoms with Crippen LogP contribution < -0.4 is 5.32 Å². The highest BCUT2D eigenvalue weighted by Crippen LogP contribution is 2.36. The molecular formula is C19H23N. The number of aryl methyl sites for hydroxylation is 2. The van der Waals surface area contributed by atoms with E-state index >= 15 is 0 Å². The van der Waals surface area contributed by atoms with Gasteiger partial charge >= 0.3 is 0 Å². The Morgan fingerprint density at radius 3 is 2.65 bits per heavy atom. The Hall–Kier alpha value is -1.76. The molecule has 0 bridgehead atoms. The van der Waals surface area contributed by atoms with Crippen LogP contribution in [0.25, 0.3) is 0 Å². The van der Waals surface area contributed by atoms with Crippen LogP contribution in [0, 0.1) is 6.92 Å². The van der Waals surface area contributed by atoms with E-state index in [4.69, 9.17) is 0 Å². The van der Waals surface area contributed by atoms with Crippen molar-refractivity contribution in [2.24, 2.45) is 0 Å². The molecule has 2 aromatic carbocycles. The van der Waals surface area contributed by atoms with Crippen molar-refractivity contribution in [1.29, 1.82) is 0 Å². The first-order valence-electron chi connectivity index (χ1n) is 7.64. The smallest absolute Gasteiger partial charge is 0.0377 e. The number of fused-ring (bicyclic) bond motifs is 1. The molecule has 1 N–H and O–H groups in total. The predicted octanol–water partition coefficient (Wildman–Crippen LogP) is 4.92. The average Bonchev–Trinajstić information content (AvgIpc) is 2.46. The van der Waals surface area contributed by atoms with E-state index in [2.05, 4.69) is 67.7 Å². The highest BCUT2D eigenvalue weighted by molar-refractivity contribution is 5.55. The van der Waals surface area contributed by atoms with Gasteiger partial charge in [-0.2, -0.15) is 0 Å². The molecule has 104 valence electrons. The van der Waals surface area contributed by atoms with Crippen LogP contribution in [0.1, 0.15) is 42.4 Å². The molecular weight excluding hydrogens is 242 g/mol. The van der Waals surface area contributed by atoms with Crippen molar-refractivity contribution >= 4 is 5.69 Å². The number of para-hydroxylation sites is 1. The third kappa shape index (κ3) is 2.72. The van der Waals surface area contributed by atoms with Crippen LogP contribution in [0.3, 0.4) is 0 Å². The zero-order valence-corrected chi connectivity index (χ0v) is 12.4. The van der Waals surface area contributed by atoms with Gasteiger partial charge in [0.25, 0.3) is 0 Å². The van der Waals surface area contributed by atoms with Crippen LogP contribution >= 0.6 is 0 Å². The summed E-state index contributed by atoms with van der Waals surface area (Å²) in [5, 5.41) is 3.60. The summed E-state index contributed by atoms with van der Waals surface area (Å²) in [5.74, 6) is 0.682. The summed E-state index contributed by atoms with van der Waals surface area (Å²) in [4.78, 5) is 0. The molecule has 0 saturated heterocycles. The van der Waals surface area contributed by atoms with Crippen LogP contribution in [-0.2, 0) is 6.42 Å². The molecule has 2 atom stereocenters. The van der Waals surface area contributed by atoms with Gasteiger partial charge in [-0.3, -0.25) is 0 Å². The molecule has 0 spiro atoms. The summed E-state index contributed by atoms with van der Waals surface area (Å²) >= 11 is 0. The van der Waals surface area contributed by atoms with E-state index < -0.39 is 0 Å².